The number of carbonyl (C=O) groups is 3. The minimum Gasteiger partial charge on any atom is -0.478 e. The summed E-state index contributed by atoms with van der Waals surface area (Å²) in [5, 5.41) is 12.5. The first-order valence-corrected chi connectivity index (χ1v) is 16.7. The number of carboxylic acids is 1. The topological polar surface area (TPSA) is 142 Å². The van der Waals surface area contributed by atoms with E-state index in [1.165, 1.54) is 36.3 Å². The van der Waals surface area contributed by atoms with Gasteiger partial charge in [-0.2, -0.15) is 0 Å². The maximum Gasteiger partial charge on any atom is 0.338 e. The lowest BCUT2D eigenvalue weighted by Gasteiger charge is -2.38. The Morgan fingerprint density at radius 2 is 1.85 bits per heavy atom. The summed E-state index contributed by atoms with van der Waals surface area (Å²) in [6, 6.07) is 8.89. The third kappa shape index (κ3) is 7.02. The molecule has 0 aliphatic carbocycles. The van der Waals surface area contributed by atoms with E-state index in [-0.39, 0.29) is 58.5 Å². The molecule has 2 amide bonds. The SMILES string of the molecule is COC(=O)C1=C(CN2CCN3C(=O)N(c4cc(F)cc(Oc5ccc(C(=O)O)cc5F)c4)C[C@@H]3C2)NC(c2nccn2C)=N[C@H]1c1ccc(F)cc1Cl. The molecule has 2 atom stereocenters. The molecule has 0 bridgehead atoms. The molecule has 2 saturated heterocycles. The van der Waals surface area contributed by atoms with Crippen molar-refractivity contribution in [2.75, 3.05) is 44.7 Å². The van der Waals surface area contributed by atoms with Crippen LogP contribution in [-0.2, 0) is 16.6 Å². The number of nitrogens with zero attached hydrogens (tertiary/aromatic N) is 6. The second-order valence-corrected chi connectivity index (χ2v) is 13.0. The molecular weight excluding hydrogens is 719 g/mol. The number of halogens is 4. The fourth-order valence-corrected chi connectivity index (χ4v) is 6.96. The van der Waals surface area contributed by atoms with E-state index in [4.69, 9.17) is 31.2 Å². The lowest BCUT2D eigenvalue weighted by atomic mass is 9.95. The van der Waals surface area contributed by atoms with Gasteiger partial charge in [-0.1, -0.05) is 17.7 Å². The van der Waals surface area contributed by atoms with Crippen molar-refractivity contribution >= 4 is 41.1 Å². The maximum absolute atomic E-state index is 14.9. The molecule has 2 N–H and O–H groups in total. The summed E-state index contributed by atoms with van der Waals surface area (Å²) in [5.41, 5.74) is 0.929. The molecule has 4 heterocycles. The van der Waals surface area contributed by atoms with Gasteiger partial charge in [0.2, 0.25) is 0 Å². The number of carboxylic acid groups (broad SMARTS) is 1. The molecule has 0 saturated carbocycles. The lowest BCUT2D eigenvalue weighted by molar-refractivity contribution is -0.136. The van der Waals surface area contributed by atoms with Gasteiger partial charge in [0.05, 0.1) is 30.0 Å². The quantitative estimate of drug-likeness (QED) is 0.223. The van der Waals surface area contributed by atoms with Crippen molar-refractivity contribution in [3.05, 3.63) is 118 Å². The number of aliphatic imine (C=N–C) groups is 1. The van der Waals surface area contributed by atoms with Crippen LogP contribution in [-0.4, -0.2) is 94.1 Å². The number of ether oxygens (including phenoxy) is 2. The van der Waals surface area contributed by atoms with E-state index in [1.54, 1.807) is 28.9 Å². The molecule has 1 aromatic heterocycles. The minimum atomic E-state index is -1.32. The molecule has 53 heavy (non-hydrogen) atoms. The number of imidazole rings is 1. The molecule has 3 aliphatic rings. The van der Waals surface area contributed by atoms with Crippen molar-refractivity contribution in [3.63, 3.8) is 0 Å². The molecule has 0 unspecified atom stereocenters. The average Bonchev–Trinajstić information content (AvgIpc) is 3.70. The number of methoxy groups -OCH3 is 1. The number of nitrogens with one attached hydrogen (secondary N) is 1. The van der Waals surface area contributed by atoms with Crippen molar-refractivity contribution in [2.45, 2.75) is 12.1 Å². The molecule has 13 nitrogen and oxygen atoms in total. The van der Waals surface area contributed by atoms with Crippen molar-refractivity contribution in [3.8, 4) is 11.5 Å². The van der Waals surface area contributed by atoms with Gasteiger partial charge in [-0.15, -0.1) is 0 Å². The number of carbonyl (C=O) groups excluding carboxylic acids is 2. The zero-order valence-electron chi connectivity index (χ0n) is 28.2. The van der Waals surface area contributed by atoms with Crippen LogP contribution in [0.3, 0.4) is 0 Å². The summed E-state index contributed by atoms with van der Waals surface area (Å²) in [4.78, 5) is 52.6. The Bertz CT molecular complexity index is 2210. The number of fused-ring (bicyclic) bond motifs is 1. The van der Waals surface area contributed by atoms with Crippen molar-refractivity contribution < 1.29 is 42.1 Å². The van der Waals surface area contributed by atoms with E-state index < -0.39 is 35.4 Å². The zero-order valence-corrected chi connectivity index (χ0v) is 29.0. The molecule has 3 aromatic carbocycles. The predicted octanol–water partition coefficient (Wildman–Crippen LogP) is 5.13. The summed E-state index contributed by atoms with van der Waals surface area (Å²) in [6.07, 6.45) is 3.34. The second-order valence-electron chi connectivity index (χ2n) is 12.6. The average molecular weight is 750 g/mol. The number of esters is 1. The van der Waals surface area contributed by atoms with Gasteiger partial charge < -0.3 is 29.4 Å². The Kier molecular flexibility index (Phi) is 9.57. The van der Waals surface area contributed by atoms with Crippen molar-refractivity contribution in [1.82, 2.24) is 24.7 Å². The number of aromatic carboxylic acids is 1. The second kappa shape index (κ2) is 14.3. The fourth-order valence-electron chi connectivity index (χ4n) is 6.69. The Morgan fingerprint density at radius 1 is 1.04 bits per heavy atom. The van der Waals surface area contributed by atoms with Crippen LogP contribution in [0.5, 0.6) is 11.5 Å². The Morgan fingerprint density at radius 3 is 2.55 bits per heavy atom. The van der Waals surface area contributed by atoms with Gasteiger partial charge in [0, 0.05) is 80.6 Å². The molecule has 0 spiro atoms. The van der Waals surface area contributed by atoms with Crippen LogP contribution in [0.1, 0.15) is 27.8 Å². The number of aryl methyl sites for hydroxylation is 1. The van der Waals surface area contributed by atoms with E-state index in [1.807, 2.05) is 0 Å². The zero-order chi connectivity index (χ0) is 37.6. The summed E-state index contributed by atoms with van der Waals surface area (Å²) in [6.45, 7) is 1.48. The summed E-state index contributed by atoms with van der Waals surface area (Å²) >= 11 is 6.50. The summed E-state index contributed by atoms with van der Waals surface area (Å²) in [7, 11) is 3.04. The van der Waals surface area contributed by atoms with Crippen LogP contribution in [0.4, 0.5) is 23.7 Å². The highest BCUT2D eigenvalue weighted by molar-refractivity contribution is 6.31. The largest absolute Gasteiger partial charge is 0.478 e. The van der Waals surface area contributed by atoms with Gasteiger partial charge in [0.1, 0.15) is 23.4 Å². The molecule has 17 heteroatoms. The van der Waals surface area contributed by atoms with Gasteiger partial charge in [-0.05, 0) is 36.4 Å². The summed E-state index contributed by atoms with van der Waals surface area (Å²) in [5.74, 6) is -3.78. The van der Waals surface area contributed by atoms with Crippen LogP contribution >= 0.6 is 11.6 Å². The molecule has 0 radical (unpaired) electrons. The van der Waals surface area contributed by atoms with Crippen LogP contribution in [0.25, 0.3) is 0 Å². The van der Waals surface area contributed by atoms with E-state index in [0.717, 1.165) is 30.3 Å². The number of amides is 2. The van der Waals surface area contributed by atoms with Crippen LogP contribution in [0.2, 0.25) is 5.02 Å². The monoisotopic (exact) mass is 749 g/mol. The minimum absolute atomic E-state index is 0.0749. The van der Waals surface area contributed by atoms with E-state index in [2.05, 4.69) is 15.2 Å². The number of rotatable bonds is 9. The van der Waals surface area contributed by atoms with Gasteiger partial charge in [-0.3, -0.25) is 14.8 Å². The molecule has 3 aliphatic heterocycles. The van der Waals surface area contributed by atoms with E-state index in [9.17, 15) is 27.6 Å². The number of hydrogen-bond donors (Lipinski definition) is 2. The molecule has 274 valence electrons. The van der Waals surface area contributed by atoms with Gasteiger partial charge in [-0.25, -0.2) is 32.5 Å². The number of anilines is 1. The van der Waals surface area contributed by atoms with Crippen molar-refractivity contribution in [1.29, 1.82) is 0 Å². The lowest BCUT2D eigenvalue weighted by Crippen LogP contribution is -2.53. The molecular formula is C36H31ClF3N7O6. The number of benzene rings is 3. The first-order valence-electron chi connectivity index (χ1n) is 16.3. The third-order valence-corrected chi connectivity index (χ3v) is 9.54. The van der Waals surface area contributed by atoms with Crippen LogP contribution < -0.4 is 15.0 Å². The summed E-state index contributed by atoms with van der Waals surface area (Å²) < 4.78 is 56.0. The predicted molar refractivity (Wildman–Crippen MR) is 186 cm³/mol. The maximum atomic E-state index is 14.9. The molecule has 4 aromatic rings. The smallest absolute Gasteiger partial charge is 0.338 e. The highest BCUT2D eigenvalue weighted by atomic mass is 35.5. The number of urea groups is 1. The van der Waals surface area contributed by atoms with Crippen LogP contribution in [0, 0.1) is 17.5 Å². The van der Waals surface area contributed by atoms with Gasteiger partial charge in [0.15, 0.2) is 23.2 Å². The normalized spacial score (nSPS) is 18.8. The van der Waals surface area contributed by atoms with E-state index in [0.29, 0.717) is 42.6 Å². The Hall–Kier alpha value is -5.87. The van der Waals surface area contributed by atoms with Gasteiger partial charge >= 0.3 is 18.0 Å². The first kappa shape index (κ1) is 35.5. The first-order chi connectivity index (χ1) is 25.4. The van der Waals surface area contributed by atoms with Gasteiger partial charge in [0.25, 0.3) is 0 Å². The highest BCUT2D eigenvalue weighted by Crippen LogP contribution is 2.37. The fraction of sp³-hybridized carbons (Fsp3) is 0.250. The number of amidine groups is 1. The molecule has 2 fully saturated rings. The number of piperazine rings is 1. The Balaban J connectivity index is 1.14. The third-order valence-electron chi connectivity index (χ3n) is 9.21. The standard InChI is InChI=1S/C36H31ClF3N7O6/c1-44-8-7-41-33(44)32-42-28(30(35(50)52-2)31(43-32)25-5-4-20(38)14-26(25)37)18-45-9-10-46-23(16-45)17-47(36(46)51)22-12-21(39)13-24(15-22)53-29-6-3-19(34(48)49)11-27(29)40/h3-8,11-15,23,31H,9-10,16-18H2,1-2H3,(H,42,43)(H,48,49)/t23-,31-/m0/s1. The number of aromatic nitrogens is 2. The van der Waals surface area contributed by atoms with Crippen molar-refractivity contribution in [2.24, 2.45) is 12.0 Å². The van der Waals surface area contributed by atoms with E-state index >= 15 is 0 Å². The Labute approximate surface area is 305 Å². The van der Waals surface area contributed by atoms with Crippen LogP contribution in [0.15, 0.2) is 83.3 Å². The highest BCUT2D eigenvalue weighted by Gasteiger charge is 2.42. The molecule has 7 rings (SSSR count). The number of hydrogen-bond acceptors (Lipinski definition) is 9.